The third kappa shape index (κ3) is 2.29. The molecule has 3 rings (SSSR count). The van der Waals surface area contributed by atoms with Crippen molar-refractivity contribution in [2.75, 3.05) is 0 Å². The first-order chi connectivity index (χ1) is 10.1. The third-order valence-corrected chi connectivity index (χ3v) is 4.17. The maximum Gasteiger partial charge on any atom is 0.198 e. The van der Waals surface area contributed by atoms with Gasteiger partial charge in [0.05, 0.1) is 5.69 Å². The molecule has 1 atom stereocenters. The van der Waals surface area contributed by atoms with Gasteiger partial charge in [0.2, 0.25) is 0 Å². The van der Waals surface area contributed by atoms with Crippen LogP contribution >= 0.6 is 11.6 Å². The average molecular weight is 301 g/mol. The molecule has 0 amide bonds. The van der Waals surface area contributed by atoms with E-state index in [1.165, 1.54) is 5.56 Å². The van der Waals surface area contributed by atoms with E-state index in [0.717, 1.165) is 23.6 Å². The molecule has 0 aliphatic heterocycles. The number of rotatable bonds is 3. The van der Waals surface area contributed by atoms with Gasteiger partial charge >= 0.3 is 0 Å². The summed E-state index contributed by atoms with van der Waals surface area (Å²) in [5.74, 6) is 1.11. The minimum atomic E-state index is 0.192. The fourth-order valence-electron chi connectivity index (χ4n) is 2.68. The van der Waals surface area contributed by atoms with Crippen LogP contribution in [-0.4, -0.2) is 19.6 Å². The first kappa shape index (κ1) is 14.0. The molecule has 21 heavy (non-hydrogen) atoms. The normalized spacial score (nSPS) is 12.8. The van der Waals surface area contributed by atoms with Crippen LogP contribution in [-0.2, 0) is 0 Å². The second kappa shape index (κ2) is 5.45. The highest BCUT2D eigenvalue weighted by Gasteiger charge is 2.21. The van der Waals surface area contributed by atoms with Crippen LogP contribution in [0.15, 0.2) is 30.3 Å². The SMILES string of the molecule is CCC(c1ccccc1)c1nnc2c(Cl)nc(C)c(C)n12. The predicted molar refractivity (Wildman–Crippen MR) is 83.8 cm³/mol. The zero-order valence-electron chi connectivity index (χ0n) is 12.3. The highest BCUT2D eigenvalue weighted by atomic mass is 35.5. The smallest absolute Gasteiger partial charge is 0.198 e. The number of aryl methyl sites for hydroxylation is 2. The lowest BCUT2D eigenvalue weighted by molar-refractivity contribution is 0.699. The van der Waals surface area contributed by atoms with Gasteiger partial charge in [0.25, 0.3) is 0 Å². The summed E-state index contributed by atoms with van der Waals surface area (Å²) in [7, 11) is 0. The van der Waals surface area contributed by atoms with Gasteiger partial charge in [0.15, 0.2) is 10.8 Å². The molecule has 2 heterocycles. The second-order valence-electron chi connectivity index (χ2n) is 5.16. The van der Waals surface area contributed by atoms with Crippen LogP contribution in [0.25, 0.3) is 5.65 Å². The first-order valence-corrected chi connectivity index (χ1v) is 7.44. The molecule has 0 aliphatic rings. The van der Waals surface area contributed by atoms with Gasteiger partial charge in [-0.25, -0.2) is 4.98 Å². The first-order valence-electron chi connectivity index (χ1n) is 7.06. The van der Waals surface area contributed by atoms with Crippen LogP contribution in [0.5, 0.6) is 0 Å². The summed E-state index contributed by atoms with van der Waals surface area (Å²) < 4.78 is 2.03. The van der Waals surface area contributed by atoms with Crippen molar-refractivity contribution in [1.29, 1.82) is 0 Å². The number of aromatic nitrogens is 4. The minimum absolute atomic E-state index is 0.192. The standard InChI is InChI=1S/C16H17ClN4/c1-4-13(12-8-6-5-7-9-12)15-19-20-16-14(17)18-10(2)11(3)21(15)16/h5-9,13H,4H2,1-3H3. The van der Waals surface area contributed by atoms with Gasteiger partial charge in [-0.05, 0) is 25.8 Å². The number of benzene rings is 1. The van der Waals surface area contributed by atoms with E-state index in [9.17, 15) is 0 Å². The molecule has 4 nitrogen and oxygen atoms in total. The summed E-state index contributed by atoms with van der Waals surface area (Å²) in [5.41, 5.74) is 3.80. The van der Waals surface area contributed by atoms with Crippen molar-refractivity contribution in [3.63, 3.8) is 0 Å². The molecule has 1 aromatic carbocycles. The summed E-state index contributed by atoms with van der Waals surface area (Å²) in [4.78, 5) is 4.31. The molecule has 1 unspecified atom stereocenters. The molecule has 0 radical (unpaired) electrons. The van der Waals surface area contributed by atoms with Gasteiger partial charge < -0.3 is 0 Å². The Balaban J connectivity index is 2.25. The third-order valence-electron chi connectivity index (χ3n) is 3.92. The molecular weight excluding hydrogens is 284 g/mol. The molecular formula is C16H17ClN4. The van der Waals surface area contributed by atoms with Crippen molar-refractivity contribution in [3.8, 4) is 0 Å². The van der Waals surface area contributed by atoms with E-state index in [-0.39, 0.29) is 5.92 Å². The molecule has 0 spiro atoms. The molecule has 5 heteroatoms. The van der Waals surface area contributed by atoms with E-state index >= 15 is 0 Å². The molecule has 2 aromatic heterocycles. The van der Waals surface area contributed by atoms with Crippen molar-refractivity contribution in [1.82, 2.24) is 19.6 Å². The van der Waals surface area contributed by atoms with Crippen molar-refractivity contribution < 1.29 is 0 Å². The highest BCUT2D eigenvalue weighted by Crippen LogP contribution is 2.29. The molecule has 3 aromatic rings. The number of fused-ring (bicyclic) bond motifs is 1. The Bertz CT molecular complexity index is 780. The van der Waals surface area contributed by atoms with E-state index in [0.29, 0.717) is 10.8 Å². The lowest BCUT2D eigenvalue weighted by atomic mass is 9.95. The van der Waals surface area contributed by atoms with Gasteiger partial charge in [0, 0.05) is 11.6 Å². The Morgan fingerprint density at radius 2 is 1.86 bits per heavy atom. The fourth-order valence-corrected chi connectivity index (χ4v) is 2.93. The van der Waals surface area contributed by atoms with Gasteiger partial charge in [-0.3, -0.25) is 4.40 Å². The summed E-state index contributed by atoms with van der Waals surface area (Å²) in [6.45, 7) is 6.13. The molecule has 0 saturated heterocycles. The predicted octanol–water partition coefficient (Wildman–Crippen LogP) is 3.94. The van der Waals surface area contributed by atoms with E-state index in [2.05, 4.69) is 34.2 Å². The van der Waals surface area contributed by atoms with Crippen LogP contribution in [0.4, 0.5) is 0 Å². The van der Waals surface area contributed by atoms with E-state index < -0.39 is 0 Å². The molecule has 108 valence electrons. The van der Waals surface area contributed by atoms with Gasteiger partial charge in [0.1, 0.15) is 5.82 Å². The summed E-state index contributed by atoms with van der Waals surface area (Å²) in [6, 6.07) is 10.4. The second-order valence-corrected chi connectivity index (χ2v) is 5.52. The van der Waals surface area contributed by atoms with Crippen LogP contribution in [0.1, 0.15) is 42.0 Å². The van der Waals surface area contributed by atoms with Crippen molar-refractivity contribution >= 4 is 17.2 Å². The molecule has 0 bridgehead atoms. The van der Waals surface area contributed by atoms with Crippen LogP contribution in [0.3, 0.4) is 0 Å². The van der Waals surface area contributed by atoms with E-state index in [1.807, 2.05) is 36.4 Å². The maximum atomic E-state index is 6.21. The summed E-state index contributed by atoms with van der Waals surface area (Å²) in [6.07, 6.45) is 0.948. The lowest BCUT2D eigenvalue weighted by Gasteiger charge is -2.15. The largest absolute Gasteiger partial charge is 0.279 e. The van der Waals surface area contributed by atoms with Crippen molar-refractivity contribution in [3.05, 3.63) is 58.3 Å². The maximum absolute atomic E-state index is 6.21. The lowest BCUT2D eigenvalue weighted by Crippen LogP contribution is -2.09. The molecule has 0 aliphatic carbocycles. The fraction of sp³-hybridized carbons (Fsp3) is 0.312. The zero-order valence-corrected chi connectivity index (χ0v) is 13.1. The number of nitrogens with zero attached hydrogens (tertiary/aromatic N) is 4. The number of halogens is 1. The van der Waals surface area contributed by atoms with Crippen molar-refractivity contribution in [2.45, 2.75) is 33.1 Å². The average Bonchev–Trinajstić information content (AvgIpc) is 2.92. The highest BCUT2D eigenvalue weighted by molar-refractivity contribution is 6.32. The van der Waals surface area contributed by atoms with Gasteiger partial charge in [-0.1, -0.05) is 48.9 Å². The van der Waals surface area contributed by atoms with Gasteiger partial charge in [-0.2, -0.15) is 0 Å². The van der Waals surface area contributed by atoms with Crippen LogP contribution in [0, 0.1) is 13.8 Å². The monoisotopic (exact) mass is 300 g/mol. The van der Waals surface area contributed by atoms with E-state index in [1.54, 1.807) is 0 Å². The molecule has 0 fully saturated rings. The van der Waals surface area contributed by atoms with E-state index in [4.69, 9.17) is 11.6 Å². The molecule has 0 saturated carbocycles. The Morgan fingerprint density at radius 1 is 1.14 bits per heavy atom. The number of hydrogen-bond donors (Lipinski definition) is 0. The Labute approximate surface area is 128 Å². The zero-order chi connectivity index (χ0) is 15.0. The van der Waals surface area contributed by atoms with Gasteiger partial charge in [-0.15, -0.1) is 10.2 Å². The Morgan fingerprint density at radius 3 is 2.52 bits per heavy atom. The number of hydrogen-bond acceptors (Lipinski definition) is 3. The summed E-state index contributed by atoms with van der Waals surface area (Å²) in [5, 5.41) is 9.03. The van der Waals surface area contributed by atoms with Crippen molar-refractivity contribution in [2.24, 2.45) is 0 Å². The molecule has 0 N–H and O–H groups in total. The minimum Gasteiger partial charge on any atom is -0.279 e. The summed E-state index contributed by atoms with van der Waals surface area (Å²) >= 11 is 6.21. The Kier molecular flexibility index (Phi) is 3.64. The quantitative estimate of drug-likeness (QED) is 0.736. The topological polar surface area (TPSA) is 43.1 Å². The van der Waals surface area contributed by atoms with Crippen LogP contribution in [0.2, 0.25) is 5.15 Å². The Hall–Kier alpha value is -1.94. The van der Waals surface area contributed by atoms with Crippen LogP contribution < -0.4 is 0 Å².